The van der Waals surface area contributed by atoms with Crippen molar-refractivity contribution in [2.24, 2.45) is 0 Å². The summed E-state index contributed by atoms with van der Waals surface area (Å²) >= 11 is 0. The van der Waals surface area contributed by atoms with Gasteiger partial charge in [0, 0.05) is 32.4 Å². The molecular weight excluding hydrogens is 318 g/mol. The molecule has 2 atom stereocenters. The van der Waals surface area contributed by atoms with Crippen LogP contribution in [0, 0.1) is 6.92 Å². The predicted molar refractivity (Wildman–Crippen MR) is 93.3 cm³/mol. The first kappa shape index (κ1) is 16.5. The molecule has 0 aliphatic carbocycles. The lowest BCUT2D eigenvalue weighted by Crippen LogP contribution is -2.26. The highest BCUT2D eigenvalue weighted by Crippen LogP contribution is 2.31. The lowest BCUT2D eigenvalue weighted by Gasteiger charge is -2.16. The Kier molecular flexibility index (Phi) is 4.94. The summed E-state index contributed by atoms with van der Waals surface area (Å²) in [5.41, 5.74) is 1.20. The molecule has 2 aliphatic heterocycles. The van der Waals surface area contributed by atoms with Gasteiger partial charge in [0.2, 0.25) is 0 Å². The maximum Gasteiger partial charge on any atom is 0.255 e. The van der Waals surface area contributed by atoms with E-state index >= 15 is 0 Å². The van der Waals surface area contributed by atoms with Crippen LogP contribution in [0.15, 0.2) is 22.9 Å². The number of aryl methyl sites for hydroxylation is 1. The topological polar surface area (TPSA) is 76.3 Å². The van der Waals surface area contributed by atoms with Crippen molar-refractivity contribution in [3.63, 3.8) is 0 Å². The van der Waals surface area contributed by atoms with E-state index in [4.69, 9.17) is 9.26 Å². The van der Waals surface area contributed by atoms with Crippen molar-refractivity contribution < 1.29 is 9.26 Å². The molecule has 0 bridgehead atoms. The monoisotopic (exact) mass is 343 g/mol. The molecular formula is C18H25N5O2. The number of nitrogens with one attached hydrogen (secondary N) is 1. The quantitative estimate of drug-likeness (QED) is 0.863. The molecule has 4 rings (SSSR count). The number of hydrogen-bond donors (Lipinski definition) is 1. The molecule has 2 fully saturated rings. The zero-order chi connectivity index (χ0) is 17.1. The van der Waals surface area contributed by atoms with E-state index in [1.165, 1.54) is 18.4 Å². The van der Waals surface area contributed by atoms with Crippen LogP contribution in [0.3, 0.4) is 0 Å². The summed E-state index contributed by atoms with van der Waals surface area (Å²) in [7, 11) is 0. The molecule has 25 heavy (non-hydrogen) atoms. The highest BCUT2D eigenvalue weighted by Gasteiger charge is 2.30. The fourth-order valence-electron chi connectivity index (χ4n) is 3.51. The van der Waals surface area contributed by atoms with Crippen molar-refractivity contribution in [2.75, 3.05) is 24.5 Å². The number of nitrogens with zero attached hydrogens (tertiary/aromatic N) is 4. The maximum absolute atomic E-state index is 6.00. The van der Waals surface area contributed by atoms with E-state index in [0.717, 1.165) is 44.8 Å². The number of aromatic nitrogens is 3. The first-order valence-electron chi connectivity index (χ1n) is 9.14. The van der Waals surface area contributed by atoms with Gasteiger partial charge in [0.25, 0.3) is 5.89 Å². The maximum atomic E-state index is 6.00. The molecule has 7 nitrogen and oxygen atoms in total. The summed E-state index contributed by atoms with van der Waals surface area (Å²) in [5, 5.41) is 7.30. The Labute approximate surface area is 147 Å². The largest absolute Gasteiger partial charge is 0.364 e. The Hall–Kier alpha value is -1.99. The summed E-state index contributed by atoms with van der Waals surface area (Å²) in [4.78, 5) is 11.2. The van der Waals surface area contributed by atoms with Gasteiger partial charge in [0.05, 0.1) is 6.10 Å². The van der Waals surface area contributed by atoms with Gasteiger partial charge in [0.15, 0.2) is 5.82 Å². The van der Waals surface area contributed by atoms with E-state index in [1.54, 1.807) is 0 Å². The molecule has 0 amide bonds. The van der Waals surface area contributed by atoms with E-state index in [1.807, 2.05) is 13.1 Å². The van der Waals surface area contributed by atoms with Crippen LogP contribution < -0.4 is 10.2 Å². The minimum absolute atomic E-state index is 0.0607. The van der Waals surface area contributed by atoms with Gasteiger partial charge in [-0.3, -0.25) is 0 Å². The van der Waals surface area contributed by atoms with Gasteiger partial charge in [-0.2, -0.15) is 4.98 Å². The summed E-state index contributed by atoms with van der Waals surface area (Å²) in [6.45, 7) is 5.70. The molecule has 7 heteroatoms. The van der Waals surface area contributed by atoms with E-state index in [0.29, 0.717) is 11.7 Å². The second-order valence-electron chi connectivity index (χ2n) is 6.85. The first-order chi connectivity index (χ1) is 12.3. The predicted octanol–water partition coefficient (Wildman–Crippen LogP) is 2.38. The highest BCUT2D eigenvalue weighted by molar-refractivity contribution is 5.40. The van der Waals surface area contributed by atoms with E-state index in [2.05, 4.69) is 37.5 Å². The van der Waals surface area contributed by atoms with Gasteiger partial charge in [0.1, 0.15) is 11.9 Å². The van der Waals surface area contributed by atoms with Gasteiger partial charge >= 0.3 is 0 Å². The molecule has 0 spiro atoms. The van der Waals surface area contributed by atoms with Crippen molar-refractivity contribution in [2.45, 2.75) is 51.4 Å². The zero-order valence-electron chi connectivity index (χ0n) is 14.6. The van der Waals surface area contributed by atoms with Crippen molar-refractivity contribution in [3.8, 4) is 0 Å². The average molecular weight is 343 g/mol. The number of ether oxygens (including phenoxy) is 1. The van der Waals surface area contributed by atoms with E-state index < -0.39 is 0 Å². The molecule has 2 aromatic rings. The van der Waals surface area contributed by atoms with Crippen LogP contribution >= 0.6 is 0 Å². The van der Waals surface area contributed by atoms with Gasteiger partial charge in [-0.25, -0.2) is 4.98 Å². The molecule has 0 unspecified atom stereocenters. The van der Waals surface area contributed by atoms with Crippen LogP contribution in [0.25, 0.3) is 0 Å². The first-order valence-corrected chi connectivity index (χ1v) is 9.14. The average Bonchev–Trinajstić information content (AvgIpc) is 3.37. The van der Waals surface area contributed by atoms with Gasteiger partial charge in [-0.1, -0.05) is 11.2 Å². The third-order valence-electron chi connectivity index (χ3n) is 4.87. The third kappa shape index (κ3) is 3.99. The summed E-state index contributed by atoms with van der Waals surface area (Å²) < 4.78 is 11.2. The van der Waals surface area contributed by atoms with Crippen LogP contribution in [0.5, 0.6) is 0 Å². The van der Waals surface area contributed by atoms with E-state index in [-0.39, 0.29) is 12.2 Å². The Morgan fingerprint density at radius 1 is 1.24 bits per heavy atom. The second kappa shape index (κ2) is 7.49. The Balaban J connectivity index is 1.21. The number of anilines is 1. The zero-order valence-corrected chi connectivity index (χ0v) is 14.6. The van der Waals surface area contributed by atoms with Gasteiger partial charge < -0.3 is 19.5 Å². The molecule has 0 saturated carbocycles. The highest BCUT2D eigenvalue weighted by atomic mass is 16.5. The summed E-state index contributed by atoms with van der Waals surface area (Å²) in [6, 6.07) is 4.29. The Bertz CT molecular complexity index is 681. The fraction of sp³-hybridized carbons (Fsp3) is 0.611. The van der Waals surface area contributed by atoms with Crippen molar-refractivity contribution >= 4 is 5.82 Å². The second-order valence-corrected chi connectivity index (χ2v) is 6.85. The normalized spacial score (nSPS) is 23.5. The minimum atomic E-state index is -0.0607. The Morgan fingerprint density at radius 3 is 2.84 bits per heavy atom. The lowest BCUT2D eigenvalue weighted by molar-refractivity contribution is 0.0264. The van der Waals surface area contributed by atoms with Gasteiger partial charge in [-0.15, -0.1) is 0 Å². The molecule has 2 aliphatic rings. The third-order valence-corrected chi connectivity index (χ3v) is 4.87. The number of pyridine rings is 1. The van der Waals surface area contributed by atoms with Crippen LogP contribution in [0.1, 0.15) is 49.1 Å². The summed E-state index contributed by atoms with van der Waals surface area (Å²) in [6.07, 6.45) is 6.59. The number of hydrogen-bond acceptors (Lipinski definition) is 7. The van der Waals surface area contributed by atoms with Crippen LogP contribution in [-0.4, -0.2) is 40.9 Å². The molecule has 1 N–H and O–H groups in total. The van der Waals surface area contributed by atoms with Crippen LogP contribution in [0.2, 0.25) is 0 Å². The standard InChI is InChI=1S/C18H25N5O2/c1-13-21-18(25-22-13)16-6-5-15(24-16)12-19-10-14-4-7-17(20-11-14)23-8-2-3-9-23/h4,7,11,15-16,19H,2-3,5-6,8-10,12H2,1H3/t15-,16+/m1/s1. The molecule has 4 heterocycles. The smallest absolute Gasteiger partial charge is 0.255 e. The van der Waals surface area contributed by atoms with Crippen LogP contribution in [-0.2, 0) is 11.3 Å². The molecule has 0 aromatic carbocycles. The molecule has 2 aromatic heterocycles. The van der Waals surface area contributed by atoms with Gasteiger partial charge in [-0.05, 0) is 44.2 Å². The molecule has 2 saturated heterocycles. The Morgan fingerprint density at radius 2 is 2.12 bits per heavy atom. The minimum Gasteiger partial charge on any atom is -0.364 e. The van der Waals surface area contributed by atoms with Crippen LogP contribution in [0.4, 0.5) is 5.82 Å². The summed E-state index contributed by atoms with van der Waals surface area (Å²) in [5.74, 6) is 2.35. The molecule has 134 valence electrons. The van der Waals surface area contributed by atoms with Crippen molar-refractivity contribution in [1.29, 1.82) is 0 Å². The lowest BCUT2D eigenvalue weighted by atomic mass is 10.2. The SMILES string of the molecule is Cc1noc([C@@H]2CC[C@H](CNCc3ccc(N4CCCC4)nc3)O2)n1. The molecule has 0 radical (unpaired) electrons. The fourth-order valence-corrected chi connectivity index (χ4v) is 3.51. The van der Waals surface area contributed by atoms with Crippen molar-refractivity contribution in [3.05, 3.63) is 35.6 Å². The van der Waals surface area contributed by atoms with Crippen molar-refractivity contribution in [1.82, 2.24) is 20.4 Å². The van der Waals surface area contributed by atoms with E-state index in [9.17, 15) is 0 Å². The number of rotatable bonds is 6.